The monoisotopic (exact) mass is 319 g/mol. The molecule has 0 aliphatic rings. The Morgan fingerprint density at radius 3 is 2.62 bits per heavy atom. The highest BCUT2D eigenvalue weighted by Crippen LogP contribution is 2.19. The molecule has 0 atom stereocenters. The van der Waals surface area contributed by atoms with Gasteiger partial charge in [0.1, 0.15) is 12.4 Å². The Hall–Kier alpha value is -3.34. The zero-order valence-corrected chi connectivity index (χ0v) is 13.0. The fourth-order valence-corrected chi connectivity index (χ4v) is 2.16. The van der Waals surface area contributed by atoms with E-state index >= 15 is 0 Å². The number of H-pyrrole nitrogens is 1. The average Bonchev–Trinajstić information content (AvgIpc) is 3.14. The molecule has 24 heavy (non-hydrogen) atoms. The van der Waals surface area contributed by atoms with E-state index in [4.69, 9.17) is 4.74 Å². The van der Waals surface area contributed by atoms with Crippen LogP contribution in [-0.4, -0.2) is 17.1 Å². The first-order valence-electron chi connectivity index (χ1n) is 7.55. The predicted octanol–water partition coefficient (Wildman–Crippen LogP) is 3.36. The lowest BCUT2D eigenvalue weighted by Gasteiger charge is -2.10. The van der Waals surface area contributed by atoms with E-state index in [9.17, 15) is 4.79 Å². The van der Waals surface area contributed by atoms with Gasteiger partial charge < -0.3 is 9.72 Å². The molecule has 1 amide bonds. The average molecular weight is 319 g/mol. The molecule has 0 aliphatic carbocycles. The molecule has 3 rings (SSSR count). The number of hydrogen-bond donors (Lipinski definition) is 2. The first-order chi connectivity index (χ1) is 11.8. The van der Waals surface area contributed by atoms with Crippen molar-refractivity contribution in [3.8, 4) is 5.75 Å². The summed E-state index contributed by atoms with van der Waals surface area (Å²) in [5.41, 5.74) is 4.80. The van der Waals surface area contributed by atoms with Gasteiger partial charge in [0.25, 0.3) is 5.91 Å². The summed E-state index contributed by atoms with van der Waals surface area (Å²) in [7, 11) is 0. The van der Waals surface area contributed by atoms with Gasteiger partial charge in [-0.1, -0.05) is 42.5 Å². The van der Waals surface area contributed by atoms with Gasteiger partial charge in [0.15, 0.2) is 0 Å². The van der Waals surface area contributed by atoms with E-state index < -0.39 is 0 Å². The molecule has 3 aromatic rings. The summed E-state index contributed by atoms with van der Waals surface area (Å²) in [6.45, 7) is 0.400. The van der Waals surface area contributed by atoms with Crippen molar-refractivity contribution in [1.29, 1.82) is 0 Å². The predicted molar refractivity (Wildman–Crippen MR) is 93.1 cm³/mol. The van der Waals surface area contributed by atoms with E-state index in [0.717, 1.165) is 11.3 Å². The van der Waals surface area contributed by atoms with E-state index in [-0.39, 0.29) is 5.91 Å². The summed E-state index contributed by atoms with van der Waals surface area (Å²) in [4.78, 5) is 15.3. The zero-order chi connectivity index (χ0) is 16.6. The molecule has 0 saturated carbocycles. The highest BCUT2D eigenvalue weighted by molar-refractivity contribution is 5.97. The van der Waals surface area contributed by atoms with Crippen molar-refractivity contribution in [2.45, 2.75) is 6.61 Å². The third-order valence-electron chi connectivity index (χ3n) is 3.36. The summed E-state index contributed by atoms with van der Waals surface area (Å²) in [5, 5.41) is 3.94. The van der Waals surface area contributed by atoms with Gasteiger partial charge in [-0.05, 0) is 29.8 Å². The molecule has 0 radical (unpaired) electrons. The Balaban J connectivity index is 1.65. The van der Waals surface area contributed by atoms with Crippen molar-refractivity contribution in [2.75, 3.05) is 0 Å². The molecule has 2 N–H and O–H groups in total. The van der Waals surface area contributed by atoms with E-state index in [1.165, 1.54) is 0 Å². The van der Waals surface area contributed by atoms with Crippen LogP contribution in [0.15, 0.2) is 78.0 Å². The Bertz CT molecular complexity index is 812. The zero-order valence-electron chi connectivity index (χ0n) is 13.0. The summed E-state index contributed by atoms with van der Waals surface area (Å²) >= 11 is 0. The third-order valence-corrected chi connectivity index (χ3v) is 3.36. The molecular weight excluding hydrogens is 302 g/mol. The van der Waals surface area contributed by atoms with E-state index in [1.54, 1.807) is 30.6 Å². The number of aromatic nitrogens is 1. The van der Waals surface area contributed by atoms with Gasteiger partial charge in [0, 0.05) is 6.20 Å². The van der Waals surface area contributed by atoms with Gasteiger partial charge >= 0.3 is 0 Å². The molecule has 120 valence electrons. The molecule has 0 aliphatic heterocycles. The number of amides is 1. The topological polar surface area (TPSA) is 66.5 Å². The minimum atomic E-state index is -0.318. The number of nitrogens with one attached hydrogen (secondary N) is 2. The SMILES string of the molecule is O=C(NN=Cc1ccc[nH]1)c1ccccc1OCc1ccccc1. The minimum absolute atomic E-state index is 0.318. The number of hydrogen-bond acceptors (Lipinski definition) is 3. The molecular formula is C19H17N3O2. The van der Waals surface area contributed by atoms with Gasteiger partial charge in [-0.25, -0.2) is 5.43 Å². The van der Waals surface area contributed by atoms with Crippen molar-refractivity contribution >= 4 is 12.1 Å². The Morgan fingerprint density at radius 1 is 1.04 bits per heavy atom. The highest BCUT2D eigenvalue weighted by atomic mass is 16.5. The van der Waals surface area contributed by atoms with E-state index in [2.05, 4.69) is 15.5 Å². The van der Waals surface area contributed by atoms with Crippen LogP contribution in [0.4, 0.5) is 0 Å². The second-order valence-electron chi connectivity index (χ2n) is 5.10. The maximum atomic E-state index is 12.3. The fraction of sp³-hybridized carbons (Fsp3) is 0.0526. The van der Waals surface area contributed by atoms with Gasteiger partial charge in [-0.15, -0.1) is 0 Å². The number of carbonyl (C=O) groups is 1. The summed E-state index contributed by atoms with van der Waals surface area (Å²) < 4.78 is 5.78. The first kappa shape index (κ1) is 15.6. The van der Waals surface area contributed by atoms with Crippen LogP contribution in [0, 0.1) is 0 Å². The largest absolute Gasteiger partial charge is 0.488 e. The normalized spacial score (nSPS) is 10.7. The number of ether oxygens (including phenoxy) is 1. The maximum absolute atomic E-state index is 12.3. The van der Waals surface area contributed by atoms with Crippen molar-refractivity contribution in [2.24, 2.45) is 5.10 Å². The van der Waals surface area contributed by atoms with Gasteiger partial charge in [-0.2, -0.15) is 5.10 Å². The number of benzene rings is 2. The van der Waals surface area contributed by atoms with Crippen molar-refractivity contribution in [1.82, 2.24) is 10.4 Å². The first-order valence-corrected chi connectivity index (χ1v) is 7.55. The maximum Gasteiger partial charge on any atom is 0.275 e. The van der Waals surface area contributed by atoms with Gasteiger partial charge in [0.2, 0.25) is 0 Å². The summed E-state index contributed by atoms with van der Waals surface area (Å²) in [6.07, 6.45) is 3.33. The van der Waals surface area contributed by atoms with Crippen molar-refractivity contribution < 1.29 is 9.53 Å². The lowest BCUT2D eigenvalue weighted by atomic mass is 10.2. The summed E-state index contributed by atoms with van der Waals surface area (Å²) in [6, 6.07) is 20.6. The van der Waals surface area contributed by atoms with Crippen LogP contribution >= 0.6 is 0 Å². The van der Waals surface area contributed by atoms with Crippen molar-refractivity contribution in [3.63, 3.8) is 0 Å². The molecule has 0 fully saturated rings. The number of aromatic amines is 1. The number of hydrazone groups is 1. The molecule has 0 saturated heterocycles. The molecule has 1 aromatic heterocycles. The van der Waals surface area contributed by atoms with Crippen LogP contribution in [0.3, 0.4) is 0 Å². The van der Waals surface area contributed by atoms with Crippen LogP contribution in [0.1, 0.15) is 21.6 Å². The quantitative estimate of drug-likeness (QED) is 0.540. The molecule has 0 bridgehead atoms. The second-order valence-corrected chi connectivity index (χ2v) is 5.10. The standard InChI is InChI=1S/C19H17N3O2/c23-19(22-21-13-16-9-6-12-20-16)17-10-4-5-11-18(17)24-14-15-7-2-1-3-8-15/h1-13,20H,14H2,(H,22,23). The Morgan fingerprint density at radius 2 is 1.83 bits per heavy atom. The smallest absolute Gasteiger partial charge is 0.275 e. The fourth-order valence-electron chi connectivity index (χ4n) is 2.16. The highest BCUT2D eigenvalue weighted by Gasteiger charge is 2.11. The van der Waals surface area contributed by atoms with Crippen molar-refractivity contribution in [3.05, 3.63) is 89.7 Å². The van der Waals surface area contributed by atoms with Gasteiger partial charge in [0.05, 0.1) is 17.5 Å². The molecule has 1 heterocycles. The Kier molecular flexibility index (Phi) is 5.04. The number of carbonyl (C=O) groups excluding carboxylic acids is 1. The van der Waals surface area contributed by atoms with Crippen LogP contribution in [0.2, 0.25) is 0 Å². The summed E-state index contributed by atoms with van der Waals surface area (Å²) in [5.74, 6) is 0.204. The second kappa shape index (κ2) is 7.78. The lowest BCUT2D eigenvalue weighted by Crippen LogP contribution is -2.18. The molecule has 0 spiro atoms. The molecule has 2 aromatic carbocycles. The molecule has 5 nitrogen and oxygen atoms in total. The van der Waals surface area contributed by atoms with E-state index in [0.29, 0.717) is 17.9 Å². The van der Waals surface area contributed by atoms with Gasteiger partial charge in [-0.3, -0.25) is 4.79 Å². The van der Waals surface area contributed by atoms with Crippen LogP contribution in [0.5, 0.6) is 5.75 Å². The number of rotatable bonds is 6. The van der Waals surface area contributed by atoms with Crippen LogP contribution in [-0.2, 0) is 6.61 Å². The number of nitrogens with zero attached hydrogens (tertiary/aromatic N) is 1. The lowest BCUT2D eigenvalue weighted by molar-refractivity contribution is 0.0950. The number of para-hydroxylation sites is 1. The van der Waals surface area contributed by atoms with Crippen LogP contribution < -0.4 is 10.2 Å². The molecule has 0 unspecified atom stereocenters. The third kappa shape index (κ3) is 4.10. The minimum Gasteiger partial charge on any atom is -0.488 e. The molecule has 5 heteroatoms. The van der Waals surface area contributed by atoms with E-state index in [1.807, 2.05) is 48.5 Å². The van der Waals surface area contributed by atoms with Crippen LogP contribution in [0.25, 0.3) is 0 Å². The Labute approximate surface area is 140 Å².